The highest BCUT2D eigenvalue weighted by atomic mass is 32.2. The van der Waals surface area contributed by atoms with Crippen LogP contribution in [0.5, 0.6) is 0 Å². The van der Waals surface area contributed by atoms with Gasteiger partial charge in [-0.3, -0.25) is 4.79 Å². The van der Waals surface area contributed by atoms with Crippen molar-refractivity contribution in [3.8, 4) is 0 Å². The van der Waals surface area contributed by atoms with E-state index in [2.05, 4.69) is 10.6 Å². The first-order valence-electron chi connectivity index (χ1n) is 3.88. The number of thioether (sulfide) groups is 1. The van der Waals surface area contributed by atoms with Crippen molar-refractivity contribution in [2.24, 2.45) is 5.73 Å². The molecule has 0 aliphatic heterocycles. The predicted molar refractivity (Wildman–Crippen MR) is 53.6 cm³/mol. The van der Waals surface area contributed by atoms with E-state index in [0.717, 1.165) is 5.75 Å². The number of amides is 3. The first-order valence-corrected chi connectivity index (χ1v) is 5.27. The lowest BCUT2D eigenvalue weighted by molar-refractivity contribution is -0.122. The molecule has 0 spiro atoms. The molecule has 0 saturated carbocycles. The molecule has 1 atom stereocenters. The van der Waals surface area contributed by atoms with Crippen LogP contribution in [0.1, 0.15) is 6.42 Å². The maximum atomic E-state index is 11.2. The zero-order valence-electron chi connectivity index (χ0n) is 7.79. The molecular weight excluding hydrogens is 190 g/mol. The molecule has 0 fully saturated rings. The van der Waals surface area contributed by atoms with E-state index >= 15 is 0 Å². The Kier molecular flexibility index (Phi) is 6.13. The van der Waals surface area contributed by atoms with Crippen molar-refractivity contribution in [3.05, 3.63) is 0 Å². The molecule has 13 heavy (non-hydrogen) atoms. The van der Waals surface area contributed by atoms with Crippen molar-refractivity contribution in [2.45, 2.75) is 12.5 Å². The Morgan fingerprint density at radius 2 is 2.15 bits per heavy atom. The zero-order chi connectivity index (χ0) is 10.3. The van der Waals surface area contributed by atoms with Gasteiger partial charge in [0.2, 0.25) is 5.91 Å². The van der Waals surface area contributed by atoms with E-state index in [1.807, 2.05) is 6.26 Å². The van der Waals surface area contributed by atoms with Crippen LogP contribution >= 0.6 is 11.8 Å². The Morgan fingerprint density at radius 3 is 2.54 bits per heavy atom. The fourth-order valence-corrected chi connectivity index (χ4v) is 1.32. The van der Waals surface area contributed by atoms with Gasteiger partial charge < -0.3 is 16.4 Å². The van der Waals surface area contributed by atoms with E-state index in [9.17, 15) is 9.59 Å². The number of likely N-dealkylation sites (N-methyl/N-ethyl adjacent to an activating group) is 1. The Labute approximate surface area is 81.8 Å². The average Bonchev–Trinajstić information content (AvgIpc) is 2.10. The monoisotopic (exact) mass is 205 g/mol. The second kappa shape index (κ2) is 6.59. The van der Waals surface area contributed by atoms with Crippen LogP contribution in [-0.4, -0.2) is 37.0 Å². The third kappa shape index (κ3) is 5.35. The second-order valence-corrected chi connectivity index (χ2v) is 3.44. The molecule has 0 aromatic carbocycles. The number of nitrogens with two attached hydrogens (primary N) is 1. The second-order valence-electron chi connectivity index (χ2n) is 2.46. The van der Waals surface area contributed by atoms with Gasteiger partial charge in [-0.2, -0.15) is 11.8 Å². The van der Waals surface area contributed by atoms with Gasteiger partial charge >= 0.3 is 6.03 Å². The number of carbonyl (C=O) groups excluding carboxylic acids is 2. The van der Waals surface area contributed by atoms with Crippen molar-refractivity contribution in [3.63, 3.8) is 0 Å². The molecule has 0 aliphatic carbocycles. The van der Waals surface area contributed by atoms with Gasteiger partial charge in [-0.05, 0) is 18.4 Å². The van der Waals surface area contributed by atoms with Gasteiger partial charge in [0.15, 0.2) is 0 Å². The zero-order valence-corrected chi connectivity index (χ0v) is 8.61. The van der Waals surface area contributed by atoms with Gasteiger partial charge in [0, 0.05) is 7.05 Å². The molecular formula is C7H15N3O2S. The van der Waals surface area contributed by atoms with E-state index in [-0.39, 0.29) is 5.91 Å². The molecule has 0 bridgehead atoms. The Bertz CT molecular complexity index is 187. The normalized spacial score (nSPS) is 11.8. The van der Waals surface area contributed by atoms with Crippen LogP contribution in [-0.2, 0) is 4.79 Å². The van der Waals surface area contributed by atoms with Crippen LogP contribution in [0.15, 0.2) is 0 Å². The molecule has 0 rings (SSSR count). The van der Waals surface area contributed by atoms with E-state index < -0.39 is 12.1 Å². The molecule has 3 amide bonds. The van der Waals surface area contributed by atoms with Crippen molar-refractivity contribution < 1.29 is 9.59 Å². The van der Waals surface area contributed by atoms with Crippen LogP contribution in [0.3, 0.4) is 0 Å². The van der Waals surface area contributed by atoms with Crippen molar-refractivity contribution in [1.82, 2.24) is 10.6 Å². The summed E-state index contributed by atoms with van der Waals surface area (Å²) in [7, 11) is 1.52. The summed E-state index contributed by atoms with van der Waals surface area (Å²) in [5.74, 6) is 0.589. The maximum Gasteiger partial charge on any atom is 0.312 e. The summed E-state index contributed by atoms with van der Waals surface area (Å²) in [6, 6.07) is -1.19. The summed E-state index contributed by atoms with van der Waals surface area (Å²) >= 11 is 1.61. The summed E-state index contributed by atoms with van der Waals surface area (Å²) in [6.45, 7) is 0. The Morgan fingerprint density at radius 1 is 1.54 bits per heavy atom. The number of hydrogen-bond acceptors (Lipinski definition) is 3. The molecule has 1 unspecified atom stereocenters. The minimum atomic E-state index is -0.672. The molecule has 0 heterocycles. The quantitative estimate of drug-likeness (QED) is 0.567. The molecule has 76 valence electrons. The lowest BCUT2D eigenvalue weighted by atomic mass is 10.2. The molecule has 0 aliphatic rings. The lowest BCUT2D eigenvalue weighted by Gasteiger charge is -2.14. The van der Waals surface area contributed by atoms with Gasteiger partial charge in [0.25, 0.3) is 0 Å². The Balaban J connectivity index is 4.02. The van der Waals surface area contributed by atoms with E-state index in [1.165, 1.54) is 7.05 Å². The molecule has 0 aromatic rings. The summed E-state index contributed by atoms with van der Waals surface area (Å²) in [5.41, 5.74) is 4.92. The van der Waals surface area contributed by atoms with E-state index in [4.69, 9.17) is 5.73 Å². The number of carbonyl (C=O) groups is 2. The summed E-state index contributed by atoms with van der Waals surface area (Å²) in [5, 5.41) is 4.84. The van der Waals surface area contributed by atoms with Crippen LogP contribution < -0.4 is 16.4 Å². The van der Waals surface area contributed by atoms with E-state index in [1.54, 1.807) is 11.8 Å². The summed E-state index contributed by atoms with van der Waals surface area (Å²) < 4.78 is 0. The standard InChI is InChI=1S/C7H15N3O2S/c1-9-6(11)5(3-4-13-2)10-7(8)12/h5H,3-4H2,1-2H3,(H,9,11)(H3,8,10,12). The molecule has 4 N–H and O–H groups in total. The van der Waals surface area contributed by atoms with Crippen LogP contribution in [0.25, 0.3) is 0 Å². The van der Waals surface area contributed by atoms with Crippen LogP contribution in [0.2, 0.25) is 0 Å². The fraction of sp³-hybridized carbons (Fsp3) is 0.714. The number of hydrogen-bond donors (Lipinski definition) is 3. The van der Waals surface area contributed by atoms with Gasteiger partial charge in [-0.1, -0.05) is 0 Å². The Hall–Kier alpha value is -0.910. The number of urea groups is 1. The molecule has 6 heteroatoms. The average molecular weight is 205 g/mol. The minimum Gasteiger partial charge on any atom is -0.357 e. The van der Waals surface area contributed by atoms with Gasteiger partial charge in [-0.25, -0.2) is 4.79 Å². The first kappa shape index (κ1) is 12.1. The van der Waals surface area contributed by atoms with Crippen molar-refractivity contribution >= 4 is 23.7 Å². The number of nitrogens with one attached hydrogen (secondary N) is 2. The SMILES string of the molecule is CNC(=O)C(CCSC)NC(N)=O. The fourth-order valence-electron chi connectivity index (χ4n) is 0.850. The first-order chi connectivity index (χ1) is 6.11. The predicted octanol–water partition coefficient (Wildman–Crippen LogP) is -0.478. The summed E-state index contributed by atoms with van der Waals surface area (Å²) in [6.07, 6.45) is 2.52. The molecule has 5 nitrogen and oxygen atoms in total. The van der Waals surface area contributed by atoms with Gasteiger partial charge in [0.1, 0.15) is 6.04 Å². The van der Waals surface area contributed by atoms with Crippen LogP contribution in [0.4, 0.5) is 4.79 Å². The van der Waals surface area contributed by atoms with Crippen molar-refractivity contribution in [1.29, 1.82) is 0 Å². The number of rotatable bonds is 5. The number of primary amides is 1. The van der Waals surface area contributed by atoms with E-state index in [0.29, 0.717) is 6.42 Å². The van der Waals surface area contributed by atoms with Crippen molar-refractivity contribution in [2.75, 3.05) is 19.1 Å². The highest BCUT2D eigenvalue weighted by Crippen LogP contribution is 2.00. The van der Waals surface area contributed by atoms with Gasteiger partial charge in [-0.15, -0.1) is 0 Å². The molecule has 0 saturated heterocycles. The van der Waals surface area contributed by atoms with Gasteiger partial charge in [0.05, 0.1) is 0 Å². The highest BCUT2D eigenvalue weighted by molar-refractivity contribution is 7.98. The maximum absolute atomic E-state index is 11.2. The largest absolute Gasteiger partial charge is 0.357 e. The molecule has 0 radical (unpaired) electrons. The third-order valence-electron chi connectivity index (χ3n) is 1.49. The molecule has 0 aromatic heterocycles. The minimum absolute atomic E-state index is 0.215. The summed E-state index contributed by atoms with van der Waals surface area (Å²) in [4.78, 5) is 21.7. The topological polar surface area (TPSA) is 84.2 Å². The highest BCUT2D eigenvalue weighted by Gasteiger charge is 2.17. The lowest BCUT2D eigenvalue weighted by Crippen LogP contribution is -2.47. The van der Waals surface area contributed by atoms with Crippen LogP contribution in [0, 0.1) is 0 Å². The smallest absolute Gasteiger partial charge is 0.312 e. The third-order valence-corrected chi connectivity index (χ3v) is 2.13.